The van der Waals surface area contributed by atoms with Gasteiger partial charge in [0.1, 0.15) is 0 Å². The summed E-state index contributed by atoms with van der Waals surface area (Å²) in [5, 5.41) is 4.38. The van der Waals surface area contributed by atoms with Gasteiger partial charge in [-0.2, -0.15) is 0 Å². The molecule has 4 nitrogen and oxygen atoms in total. The molecule has 0 saturated carbocycles. The highest BCUT2D eigenvalue weighted by atomic mass is 35.5. The highest BCUT2D eigenvalue weighted by Crippen LogP contribution is 2.38. The Labute approximate surface area is 172 Å². The van der Waals surface area contributed by atoms with Crippen molar-refractivity contribution in [2.24, 2.45) is 0 Å². The fourth-order valence-electron chi connectivity index (χ4n) is 3.14. The number of halogens is 2. The summed E-state index contributed by atoms with van der Waals surface area (Å²) in [4.78, 5) is 21.4. The van der Waals surface area contributed by atoms with Crippen LogP contribution in [0.3, 0.4) is 0 Å². The van der Waals surface area contributed by atoms with Crippen LogP contribution in [0.25, 0.3) is 11.6 Å². The summed E-state index contributed by atoms with van der Waals surface area (Å²) in [6.07, 6.45) is 8.19. The number of nitrogens with one attached hydrogen (secondary N) is 1. The van der Waals surface area contributed by atoms with Gasteiger partial charge in [-0.25, -0.2) is 0 Å². The zero-order chi connectivity index (χ0) is 19.5. The number of rotatable bonds is 4. The first-order valence-corrected chi connectivity index (χ1v) is 9.39. The minimum atomic E-state index is -0.112. The molecule has 138 valence electrons. The average Bonchev–Trinajstić information content (AvgIpc) is 2.71. The van der Waals surface area contributed by atoms with Gasteiger partial charge in [-0.15, -0.1) is 0 Å². The lowest BCUT2D eigenvalue weighted by Gasteiger charge is -2.24. The maximum atomic E-state index is 13.0. The van der Waals surface area contributed by atoms with Crippen molar-refractivity contribution in [3.05, 3.63) is 99.6 Å². The number of hydrogen-bond donors (Lipinski definition) is 1. The van der Waals surface area contributed by atoms with Crippen LogP contribution in [0.2, 0.25) is 10.0 Å². The Balaban J connectivity index is 1.84. The molecule has 3 aromatic rings. The lowest BCUT2D eigenvalue weighted by atomic mass is 9.88. The summed E-state index contributed by atoms with van der Waals surface area (Å²) in [6, 6.07) is 12.9. The largest absolute Gasteiger partial charge is 0.380 e. The number of ketones is 1. The lowest BCUT2D eigenvalue weighted by Crippen LogP contribution is -2.19. The number of carbonyl (C=O) groups excluding carboxylic acids is 1. The van der Waals surface area contributed by atoms with E-state index >= 15 is 0 Å². The van der Waals surface area contributed by atoms with Crippen molar-refractivity contribution < 1.29 is 4.79 Å². The quantitative estimate of drug-likeness (QED) is 0.596. The third-order valence-corrected chi connectivity index (χ3v) is 4.83. The molecule has 3 heterocycles. The number of nitrogens with zero attached hydrogens (tertiary/aromatic N) is 2. The average molecular weight is 408 g/mol. The van der Waals surface area contributed by atoms with Crippen LogP contribution in [0.4, 0.5) is 5.69 Å². The van der Waals surface area contributed by atoms with Crippen molar-refractivity contribution in [3.8, 4) is 0 Å². The maximum absolute atomic E-state index is 13.0. The standard InChI is InChI=1S/C22H15Cl2N3O/c23-15-4-6-20-18(10-15)22(14-9-16(24)12-25-11-14)19(13-27-20)21(28)7-5-17-3-1-2-8-26-17/h1-12,27H,13H2/b7-5+. The Kier molecular flexibility index (Phi) is 5.24. The van der Waals surface area contributed by atoms with Gasteiger partial charge >= 0.3 is 0 Å². The minimum Gasteiger partial charge on any atom is -0.380 e. The van der Waals surface area contributed by atoms with E-state index in [9.17, 15) is 4.79 Å². The maximum Gasteiger partial charge on any atom is 0.184 e. The number of hydrogen-bond acceptors (Lipinski definition) is 4. The van der Waals surface area contributed by atoms with E-state index in [0.29, 0.717) is 22.2 Å². The van der Waals surface area contributed by atoms with Crippen LogP contribution < -0.4 is 5.32 Å². The summed E-state index contributed by atoms with van der Waals surface area (Å²) in [6.45, 7) is 0.391. The van der Waals surface area contributed by atoms with Gasteiger partial charge in [0.15, 0.2) is 5.78 Å². The summed E-state index contributed by atoms with van der Waals surface area (Å²) < 4.78 is 0. The first-order chi connectivity index (χ1) is 13.6. The second kappa shape index (κ2) is 7.97. The molecule has 0 amide bonds. The molecule has 0 atom stereocenters. The van der Waals surface area contributed by atoms with Crippen molar-refractivity contribution >= 4 is 46.3 Å². The third-order valence-electron chi connectivity index (χ3n) is 4.39. The van der Waals surface area contributed by atoms with E-state index in [-0.39, 0.29) is 5.78 Å². The van der Waals surface area contributed by atoms with E-state index in [0.717, 1.165) is 28.1 Å². The topological polar surface area (TPSA) is 54.9 Å². The van der Waals surface area contributed by atoms with Gasteiger partial charge in [-0.1, -0.05) is 29.3 Å². The highest BCUT2D eigenvalue weighted by molar-refractivity contribution is 6.31. The van der Waals surface area contributed by atoms with Crippen LogP contribution in [0.1, 0.15) is 16.8 Å². The zero-order valence-corrected chi connectivity index (χ0v) is 16.2. The third kappa shape index (κ3) is 3.84. The highest BCUT2D eigenvalue weighted by Gasteiger charge is 2.24. The van der Waals surface area contributed by atoms with Gasteiger partial charge in [0.2, 0.25) is 0 Å². The molecule has 0 bridgehead atoms. The first-order valence-electron chi connectivity index (χ1n) is 8.63. The van der Waals surface area contributed by atoms with Gasteiger partial charge in [0.05, 0.1) is 10.7 Å². The molecule has 0 fully saturated rings. The van der Waals surface area contributed by atoms with Crippen LogP contribution in [0, 0.1) is 0 Å². The Morgan fingerprint density at radius 1 is 1.07 bits per heavy atom. The summed E-state index contributed by atoms with van der Waals surface area (Å²) in [7, 11) is 0. The van der Waals surface area contributed by atoms with Gasteiger partial charge < -0.3 is 5.32 Å². The molecule has 6 heteroatoms. The number of allylic oxidation sites excluding steroid dienone is 1. The lowest BCUT2D eigenvalue weighted by molar-refractivity contribution is -0.111. The molecule has 28 heavy (non-hydrogen) atoms. The van der Waals surface area contributed by atoms with Gasteiger partial charge in [0, 0.05) is 58.1 Å². The van der Waals surface area contributed by atoms with Crippen molar-refractivity contribution in [1.82, 2.24) is 9.97 Å². The van der Waals surface area contributed by atoms with Gasteiger partial charge in [0.25, 0.3) is 0 Å². The van der Waals surface area contributed by atoms with Crippen LogP contribution in [0.5, 0.6) is 0 Å². The van der Waals surface area contributed by atoms with Crippen molar-refractivity contribution in [2.45, 2.75) is 0 Å². The number of fused-ring (bicyclic) bond motifs is 1. The van der Waals surface area contributed by atoms with E-state index in [1.54, 1.807) is 30.7 Å². The molecule has 0 radical (unpaired) electrons. The molecule has 1 N–H and O–H groups in total. The summed E-state index contributed by atoms with van der Waals surface area (Å²) in [5.74, 6) is -0.112. The zero-order valence-electron chi connectivity index (χ0n) is 14.7. The van der Waals surface area contributed by atoms with E-state index in [4.69, 9.17) is 23.2 Å². The second-order valence-electron chi connectivity index (χ2n) is 6.24. The Morgan fingerprint density at radius 2 is 1.96 bits per heavy atom. The number of carbonyl (C=O) groups is 1. The normalized spacial score (nSPS) is 13.4. The molecule has 0 saturated heterocycles. The number of aromatic nitrogens is 2. The number of benzene rings is 1. The van der Waals surface area contributed by atoms with Crippen molar-refractivity contribution in [1.29, 1.82) is 0 Å². The van der Waals surface area contributed by atoms with Crippen molar-refractivity contribution in [3.63, 3.8) is 0 Å². The number of pyridine rings is 2. The van der Waals surface area contributed by atoms with Gasteiger partial charge in [-0.05, 0) is 48.6 Å². The predicted molar refractivity (Wildman–Crippen MR) is 113 cm³/mol. The van der Waals surface area contributed by atoms with E-state index in [1.165, 1.54) is 6.08 Å². The molecule has 4 rings (SSSR count). The number of anilines is 1. The molecular formula is C22H15Cl2N3O. The van der Waals surface area contributed by atoms with E-state index in [1.807, 2.05) is 36.4 Å². The molecule has 0 aliphatic carbocycles. The van der Waals surface area contributed by atoms with Crippen LogP contribution in [0.15, 0.2) is 72.7 Å². The predicted octanol–water partition coefficient (Wildman–Crippen LogP) is 5.29. The van der Waals surface area contributed by atoms with Crippen molar-refractivity contribution in [2.75, 3.05) is 11.9 Å². The van der Waals surface area contributed by atoms with Crippen LogP contribution >= 0.6 is 23.2 Å². The molecular weight excluding hydrogens is 393 g/mol. The minimum absolute atomic E-state index is 0.112. The molecule has 1 aliphatic heterocycles. The summed E-state index contributed by atoms with van der Waals surface area (Å²) in [5.41, 5.74) is 4.64. The Hall–Kier alpha value is -2.95. The summed E-state index contributed by atoms with van der Waals surface area (Å²) >= 11 is 12.4. The second-order valence-corrected chi connectivity index (χ2v) is 7.11. The molecule has 1 aliphatic rings. The monoisotopic (exact) mass is 407 g/mol. The van der Waals surface area contributed by atoms with Crippen LogP contribution in [-0.2, 0) is 4.79 Å². The SMILES string of the molecule is O=C(/C=C/c1ccccn1)C1=C(c2cncc(Cl)c2)c2cc(Cl)ccc2NC1. The Morgan fingerprint density at radius 3 is 2.75 bits per heavy atom. The van der Waals surface area contributed by atoms with E-state index in [2.05, 4.69) is 15.3 Å². The fourth-order valence-corrected chi connectivity index (χ4v) is 3.48. The Bertz CT molecular complexity index is 1110. The smallest absolute Gasteiger partial charge is 0.184 e. The van der Waals surface area contributed by atoms with E-state index < -0.39 is 0 Å². The van der Waals surface area contributed by atoms with Crippen LogP contribution in [-0.4, -0.2) is 22.3 Å². The fraction of sp³-hybridized carbons (Fsp3) is 0.0455. The first kappa shape index (κ1) is 18.4. The molecule has 0 spiro atoms. The molecule has 0 unspecified atom stereocenters. The molecule has 2 aromatic heterocycles. The molecule has 1 aromatic carbocycles. The van der Waals surface area contributed by atoms with Gasteiger partial charge in [-0.3, -0.25) is 14.8 Å².